The van der Waals surface area contributed by atoms with Gasteiger partial charge in [-0.1, -0.05) is 0 Å². The van der Waals surface area contributed by atoms with Crippen molar-refractivity contribution in [3.05, 3.63) is 42.5 Å². The highest BCUT2D eigenvalue weighted by molar-refractivity contribution is 5.94. The first-order chi connectivity index (χ1) is 16.7. The van der Waals surface area contributed by atoms with Crippen LogP contribution >= 0.6 is 0 Å². The number of fused-ring (bicyclic) bond motifs is 1. The van der Waals surface area contributed by atoms with Gasteiger partial charge in [-0.15, -0.1) is 0 Å². The van der Waals surface area contributed by atoms with Gasteiger partial charge in [0, 0.05) is 25.2 Å². The van der Waals surface area contributed by atoms with Crippen LogP contribution in [0.1, 0.15) is 29.6 Å². The number of aromatic nitrogens is 4. The molecule has 3 atom stereocenters. The molecule has 1 aliphatic carbocycles. The molecule has 2 aromatic heterocycles. The standard InChI is InChI=1S/C24H33N7O4/c1-29(2)10-11-35-18-6-4-16(5-7-18)23(33)30(3)17-8-9-24(34,19(32)12-17)13-31-15-28-20-21(25)26-14-27-22(20)31/h4-7,14-15,17,19,32,34H,8-13H2,1-3H3,(H2,25,26,27)/t17-,19+,24+/m0/s1. The molecule has 0 aliphatic heterocycles. The van der Waals surface area contributed by atoms with E-state index in [1.807, 2.05) is 19.0 Å². The number of rotatable bonds is 8. The molecule has 1 amide bonds. The fraction of sp³-hybridized carbons (Fsp3) is 0.500. The Balaban J connectivity index is 1.37. The second kappa shape index (κ2) is 10.1. The van der Waals surface area contributed by atoms with E-state index in [2.05, 4.69) is 15.0 Å². The third-order valence-corrected chi connectivity index (χ3v) is 6.68. The number of anilines is 1. The zero-order chi connectivity index (χ0) is 25.2. The highest BCUT2D eigenvalue weighted by Crippen LogP contribution is 2.33. The van der Waals surface area contributed by atoms with Crippen molar-refractivity contribution in [3.8, 4) is 5.75 Å². The van der Waals surface area contributed by atoms with E-state index >= 15 is 0 Å². The summed E-state index contributed by atoms with van der Waals surface area (Å²) < 4.78 is 7.37. The van der Waals surface area contributed by atoms with Crippen LogP contribution in [0.4, 0.5) is 5.82 Å². The largest absolute Gasteiger partial charge is 0.492 e. The number of imidazole rings is 1. The van der Waals surface area contributed by atoms with Crippen LogP contribution in [0, 0.1) is 0 Å². The number of aliphatic hydroxyl groups is 2. The zero-order valence-electron chi connectivity index (χ0n) is 20.3. The van der Waals surface area contributed by atoms with Gasteiger partial charge in [0.2, 0.25) is 0 Å². The molecule has 1 aromatic carbocycles. The quantitative estimate of drug-likeness (QED) is 0.423. The maximum Gasteiger partial charge on any atom is 0.253 e. The Kier molecular flexibility index (Phi) is 7.20. The number of nitrogens with zero attached hydrogens (tertiary/aromatic N) is 6. The second-order valence-corrected chi connectivity index (χ2v) is 9.44. The summed E-state index contributed by atoms with van der Waals surface area (Å²) in [6.45, 7) is 1.48. The molecule has 0 unspecified atom stereocenters. The molecule has 0 saturated heterocycles. The van der Waals surface area contributed by atoms with E-state index in [9.17, 15) is 15.0 Å². The lowest BCUT2D eigenvalue weighted by atomic mass is 9.79. The maximum atomic E-state index is 13.1. The van der Waals surface area contributed by atoms with Gasteiger partial charge in [0.1, 0.15) is 29.8 Å². The Morgan fingerprint density at radius 2 is 1.97 bits per heavy atom. The van der Waals surface area contributed by atoms with Gasteiger partial charge >= 0.3 is 0 Å². The van der Waals surface area contributed by atoms with Gasteiger partial charge < -0.3 is 35.1 Å². The predicted octanol–water partition coefficient (Wildman–Crippen LogP) is 0.766. The van der Waals surface area contributed by atoms with Crippen molar-refractivity contribution in [2.75, 3.05) is 40.0 Å². The van der Waals surface area contributed by atoms with Crippen LogP contribution < -0.4 is 10.5 Å². The summed E-state index contributed by atoms with van der Waals surface area (Å²) in [6, 6.07) is 6.87. The van der Waals surface area contributed by atoms with E-state index in [4.69, 9.17) is 10.5 Å². The van der Waals surface area contributed by atoms with Crippen molar-refractivity contribution in [1.82, 2.24) is 29.3 Å². The number of amides is 1. The smallest absolute Gasteiger partial charge is 0.253 e. The first-order valence-corrected chi connectivity index (χ1v) is 11.6. The molecular formula is C24H33N7O4. The minimum absolute atomic E-state index is 0.112. The Hall–Kier alpha value is -3.28. The van der Waals surface area contributed by atoms with Crippen molar-refractivity contribution in [2.45, 2.75) is 43.6 Å². The molecule has 188 valence electrons. The van der Waals surface area contributed by atoms with Crippen molar-refractivity contribution in [2.24, 2.45) is 0 Å². The summed E-state index contributed by atoms with van der Waals surface area (Å²) in [4.78, 5) is 29.1. The topological polar surface area (TPSA) is 143 Å². The highest BCUT2D eigenvalue weighted by atomic mass is 16.5. The van der Waals surface area contributed by atoms with E-state index in [-0.39, 0.29) is 30.7 Å². The summed E-state index contributed by atoms with van der Waals surface area (Å²) in [5, 5.41) is 22.1. The summed E-state index contributed by atoms with van der Waals surface area (Å²) in [5.41, 5.74) is 5.98. The monoisotopic (exact) mass is 483 g/mol. The van der Waals surface area contributed by atoms with Crippen LogP contribution in [0.3, 0.4) is 0 Å². The predicted molar refractivity (Wildman–Crippen MR) is 131 cm³/mol. The number of ether oxygens (including phenoxy) is 1. The van der Waals surface area contributed by atoms with Gasteiger partial charge in [-0.05, 0) is 57.6 Å². The van der Waals surface area contributed by atoms with Gasteiger partial charge in [0.25, 0.3) is 5.91 Å². The van der Waals surface area contributed by atoms with Gasteiger partial charge in [-0.2, -0.15) is 0 Å². The third-order valence-electron chi connectivity index (χ3n) is 6.68. The number of aliphatic hydroxyl groups excluding tert-OH is 1. The van der Waals surface area contributed by atoms with Crippen molar-refractivity contribution >= 4 is 22.9 Å². The van der Waals surface area contributed by atoms with E-state index < -0.39 is 11.7 Å². The molecule has 11 heteroatoms. The molecule has 11 nitrogen and oxygen atoms in total. The molecule has 4 rings (SSSR count). The molecule has 2 heterocycles. The first-order valence-electron chi connectivity index (χ1n) is 11.6. The number of hydrogen-bond donors (Lipinski definition) is 3. The van der Waals surface area contributed by atoms with Gasteiger partial charge in [0.15, 0.2) is 11.5 Å². The lowest BCUT2D eigenvalue weighted by molar-refractivity contribution is -0.121. The molecule has 0 bridgehead atoms. The first kappa shape index (κ1) is 24.8. The van der Waals surface area contributed by atoms with Gasteiger partial charge in [0.05, 0.1) is 19.0 Å². The third kappa shape index (κ3) is 5.37. The molecular weight excluding hydrogens is 450 g/mol. The number of likely N-dealkylation sites (N-methyl/N-ethyl adjacent to an activating group) is 1. The molecule has 3 aromatic rings. The van der Waals surface area contributed by atoms with Crippen molar-refractivity contribution < 1.29 is 19.7 Å². The van der Waals surface area contributed by atoms with Crippen molar-refractivity contribution in [1.29, 1.82) is 0 Å². The molecule has 1 aliphatic rings. The fourth-order valence-corrected chi connectivity index (χ4v) is 4.43. The van der Waals surface area contributed by atoms with E-state index in [1.165, 1.54) is 12.7 Å². The summed E-state index contributed by atoms with van der Waals surface area (Å²) in [7, 11) is 5.69. The van der Waals surface area contributed by atoms with Gasteiger partial charge in [-0.3, -0.25) is 4.79 Å². The van der Waals surface area contributed by atoms with Crippen LogP contribution in [0.15, 0.2) is 36.9 Å². The number of carbonyl (C=O) groups is 1. The average molecular weight is 484 g/mol. The van der Waals surface area contributed by atoms with Gasteiger partial charge in [-0.25, -0.2) is 15.0 Å². The normalized spacial score (nSPS) is 22.5. The minimum atomic E-state index is -1.38. The zero-order valence-corrected chi connectivity index (χ0v) is 20.3. The molecule has 0 radical (unpaired) electrons. The van der Waals surface area contributed by atoms with Crippen molar-refractivity contribution in [3.63, 3.8) is 0 Å². The van der Waals surface area contributed by atoms with Crippen LogP contribution in [0.5, 0.6) is 5.75 Å². The summed E-state index contributed by atoms with van der Waals surface area (Å²) >= 11 is 0. The van der Waals surface area contributed by atoms with Crippen LogP contribution in [-0.4, -0.2) is 97.5 Å². The second-order valence-electron chi connectivity index (χ2n) is 9.44. The molecule has 35 heavy (non-hydrogen) atoms. The van der Waals surface area contributed by atoms with E-state index in [1.54, 1.807) is 40.8 Å². The van der Waals surface area contributed by atoms with Crippen LogP contribution in [-0.2, 0) is 6.54 Å². The fourth-order valence-electron chi connectivity index (χ4n) is 4.43. The van der Waals surface area contributed by atoms with E-state index in [0.29, 0.717) is 41.9 Å². The van der Waals surface area contributed by atoms with Crippen LogP contribution in [0.2, 0.25) is 0 Å². The lowest BCUT2D eigenvalue weighted by Gasteiger charge is -2.43. The minimum Gasteiger partial charge on any atom is -0.492 e. The van der Waals surface area contributed by atoms with Crippen LogP contribution in [0.25, 0.3) is 11.2 Å². The Labute approximate surface area is 204 Å². The Morgan fingerprint density at radius 1 is 1.23 bits per heavy atom. The number of nitrogen functional groups attached to an aromatic ring is 1. The van der Waals surface area contributed by atoms with E-state index in [0.717, 1.165) is 6.54 Å². The summed E-state index contributed by atoms with van der Waals surface area (Å²) in [6.07, 6.45) is 2.97. The molecule has 0 spiro atoms. The lowest BCUT2D eigenvalue weighted by Crippen LogP contribution is -2.54. The Bertz CT molecular complexity index is 1170. The average Bonchev–Trinajstić information content (AvgIpc) is 3.24. The summed E-state index contributed by atoms with van der Waals surface area (Å²) in [5.74, 6) is 0.835. The highest BCUT2D eigenvalue weighted by Gasteiger charge is 2.43. The molecule has 4 N–H and O–H groups in total. The SMILES string of the molecule is CN(C)CCOc1ccc(C(=O)N(C)[C@H]2CC[C@@](O)(Cn3cnc4c(N)ncnc43)[C@H](O)C2)cc1. The number of carbonyl (C=O) groups excluding carboxylic acids is 1. The molecule has 1 saturated carbocycles. The number of hydrogen-bond acceptors (Lipinski definition) is 9. The Morgan fingerprint density at radius 3 is 2.66 bits per heavy atom. The molecule has 1 fully saturated rings. The maximum absolute atomic E-state index is 13.1. The number of benzene rings is 1. The number of nitrogens with two attached hydrogens (primary N) is 1.